The van der Waals surface area contributed by atoms with Gasteiger partial charge in [0.15, 0.2) is 0 Å². The number of benzene rings is 2. The molecule has 1 fully saturated rings. The van der Waals surface area contributed by atoms with Crippen molar-refractivity contribution in [3.8, 4) is 6.07 Å². The molecule has 0 bridgehead atoms. The van der Waals surface area contributed by atoms with Crippen LogP contribution in [0.15, 0.2) is 54.6 Å². The summed E-state index contributed by atoms with van der Waals surface area (Å²) in [7, 11) is 0. The lowest BCUT2D eigenvalue weighted by Gasteiger charge is -2.39. The Bertz CT molecular complexity index is 927. The highest BCUT2D eigenvalue weighted by molar-refractivity contribution is 6.30. The standard InChI is InChI=1S/C24H26ClN3O2/c1-17(2)21(27-22(29)18-6-4-3-5-7-18)23(30)28-14-12-24(16-26,13-15-28)19-8-10-20(25)11-9-19/h3-11,17,21H,12-15H2,1-2H3,(H,27,29)/t21-/m1/s1. The molecule has 1 atom stereocenters. The van der Waals surface area contributed by atoms with Gasteiger partial charge in [0.1, 0.15) is 6.04 Å². The third-order valence-electron chi connectivity index (χ3n) is 5.79. The molecule has 0 unspecified atom stereocenters. The van der Waals surface area contributed by atoms with Crippen molar-refractivity contribution in [3.05, 3.63) is 70.7 Å². The largest absolute Gasteiger partial charge is 0.341 e. The van der Waals surface area contributed by atoms with Gasteiger partial charge in [-0.25, -0.2) is 0 Å². The number of rotatable bonds is 5. The third-order valence-corrected chi connectivity index (χ3v) is 6.05. The second-order valence-corrected chi connectivity index (χ2v) is 8.52. The zero-order chi connectivity index (χ0) is 21.7. The highest BCUT2D eigenvalue weighted by atomic mass is 35.5. The fourth-order valence-corrected chi connectivity index (χ4v) is 3.99. The minimum Gasteiger partial charge on any atom is -0.341 e. The van der Waals surface area contributed by atoms with E-state index in [1.807, 2.05) is 32.0 Å². The third kappa shape index (κ3) is 4.66. The van der Waals surface area contributed by atoms with E-state index in [4.69, 9.17) is 11.6 Å². The molecule has 1 aliphatic rings. The SMILES string of the molecule is CC(C)[C@@H](NC(=O)c1ccccc1)C(=O)N1CCC(C#N)(c2ccc(Cl)cc2)CC1. The zero-order valence-electron chi connectivity index (χ0n) is 17.3. The summed E-state index contributed by atoms with van der Waals surface area (Å²) in [5, 5.41) is 13.4. The molecule has 1 heterocycles. The van der Waals surface area contributed by atoms with Crippen LogP contribution in [0.3, 0.4) is 0 Å². The van der Waals surface area contributed by atoms with E-state index in [0.717, 1.165) is 5.56 Å². The first-order valence-electron chi connectivity index (χ1n) is 10.2. The number of halogens is 1. The number of piperidine rings is 1. The molecule has 30 heavy (non-hydrogen) atoms. The summed E-state index contributed by atoms with van der Waals surface area (Å²) in [6.07, 6.45) is 1.10. The number of nitrogens with one attached hydrogen (secondary N) is 1. The Balaban J connectivity index is 1.69. The quantitative estimate of drug-likeness (QED) is 0.784. The first-order chi connectivity index (χ1) is 14.4. The summed E-state index contributed by atoms with van der Waals surface area (Å²) < 4.78 is 0. The highest BCUT2D eigenvalue weighted by Gasteiger charge is 2.39. The van der Waals surface area contributed by atoms with Gasteiger partial charge in [0, 0.05) is 23.7 Å². The molecular formula is C24H26ClN3O2. The molecular weight excluding hydrogens is 398 g/mol. The maximum atomic E-state index is 13.2. The van der Waals surface area contributed by atoms with Gasteiger partial charge in [-0.3, -0.25) is 9.59 Å². The summed E-state index contributed by atoms with van der Waals surface area (Å²) in [6.45, 7) is 4.79. The highest BCUT2D eigenvalue weighted by Crippen LogP contribution is 2.35. The zero-order valence-corrected chi connectivity index (χ0v) is 18.0. The van der Waals surface area contributed by atoms with Crippen molar-refractivity contribution in [2.24, 2.45) is 5.92 Å². The first-order valence-corrected chi connectivity index (χ1v) is 10.6. The lowest BCUT2D eigenvalue weighted by atomic mass is 9.74. The van der Waals surface area contributed by atoms with E-state index in [2.05, 4.69) is 11.4 Å². The molecule has 3 rings (SSSR count). The van der Waals surface area contributed by atoms with Crippen LogP contribution in [0.4, 0.5) is 0 Å². The summed E-state index contributed by atoms with van der Waals surface area (Å²) in [6, 6.07) is 18.1. The van der Waals surface area contributed by atoms with Gasteiger partial charge in [-0.1, -0.05) is 55.8 Å². The van der Waals surface area contributed by atoms with Crippen LogP contribution in [-0.4, -0.2) is 35.8 Å². The predicted octanol–water partition coefficient (Wildman–Crippen LogP) is 4.18. The summed E-state index contributed by atoms with van der Waals surface area (Å²) in [5.41, 5.74) is 0.835. The van der Waals surface area contributed by atoms with Crippen LogP contribution in [0, 0.1) is 17.2 Å². The molecule has 2 amide bonds. The van der Waals surface area contributed by atoms with Crippen molar-refractivity contribution in [1.29, 1.82) is 5.26 Å². The smallest absolute Gasteiger partial charge is 0.251 e. The van der Waals surface area contributed by atoms with Crippen LogP contribution in [0.25, 0.3) is 0 Å². The van der Waals surface area contributed by atoms with Gasteiger partial charge in [0.25, 0.3) is 5.91 Å². The second-order valence-electron chi connectivity index (χ2n) is 8.09. The summed E-state index contributed by atoms with van der Waals surface area (Å²) in [5.74, 6) is -0.409. The predicted molar refractivity (Wildman–Crippen MR) is 117 cm³/mol. The lowest BCUT2D eigenvalue weighted by Crippen LogP contribution is -2.54. The summed E-state index contributed by atoms with van der Waals surface area (Å²) in [4.78, 5) is 27.5. The van der Waals surface area contributed by atoms with Crippen LogP contribution < -0.4 is 5.32 Å². The number of hydrogen-bond acceptors (Lipinski definition) is 3. The summed E-state index contributed by atoms with van der Waals surface area (Å²) >= 11 is 5.98. The van der Waals surface area contributed by atoms with Crippen molar-refractivity contribution >= 4 is 23.4 Å². The van der Waals surface area contributed by atoms with E-state index in [1.54, 1.807) is 41.3 Å². The fourth-order valence-electron chi connectivity index (χ4n) is 3.87. The number of hydrogen-bond donors (Lipinski definition) is 1. The van der Waals surface area contributed by atoms with E-state index >= 15 is 0 Å². The molecule has 0 radical (unpaired) electrons. The molecule has 0 saturated carbocycles. The number of nitriles is 1. The van der Waals surface area contributed by atoms with Gasteiger partial charge in [0.05, 0.1) is 11.5 Å². The van der Waals surface area contributed by atoms with Crippen molar-refractivity contribution in [2.45, 2.75) is 38.1 Å². The van der Waals surface area contributed by atoms with Crippen molar-refractivity contribution < 1.29 is 9.59 Å². The molecule has 5 nitrogen and oxygen atoms in total. The fraction of sp³-hybridized carbons (Fsp3) is 0.375. The van der Waals surface area contributed by atoms with Crippen LogP contribution in [-0.2, 0) is 10.2 Å². The van der Waals surface area contributed by atoms with Crippen molar-refractivity contribution in [2.75, 3.05) is 13.1 Å². The van der Waals surface area contributed by atoms with E-state index in [-0.39, 0.29) is 17.7 Å². The number of amides is 2. The molecule has 1 N–H and O–H groups in total. The van der Waals surface area contributed by atoms with Crippen LogP contribution in [0.1, 0.15) is 42.6 Å². The Morgan fingerprint density at radius 2 is 1.67 bits per heavy atom. The van der Waals surface area contributed by atoms with Crippen LogP contribution in [0.2, 0.25) is 5.02 Å². The number of carbonyl (C=O) groups excluding carboxylic acids is 2. The van der Waals surface area contributed by atoms with Crippen molar-refractivity contribution in [1.82, 2.24) is 10.2 Å². The van der Waals surface area contributed by atoms with Gasteiger partial charge in [-0.2, -0.15) is 5.26 Å². The van der Waals surface area contributed by atoms with Crippen molar-refractivity contribution in [3.63, 3.8) is 0 Å². The molecule has 2 aromatic rings. The minimum atomic E-state index is -0.623. The Kier molecular flexibility index (Phi) is 6.79. The maximum Gasteiger partial charge on any atom is 0.251 e. The minimum absolute atomic E-state index is 0.0518. The number of nitrogens with zero attached hydrogens (tertiary/aromatic N) is 2. The van der Waals surface area contributed by atoms with E-state index < -0.39 is 11.5 Å². The van der Waals surface area contributed by atoms with E-state index in [0.29, 0.717) is 36.5 Å². The Hall–Kier alpha value is -2.84. The number of likely N-dealkylation sites (tertiary alicyclic amines) is 1. The van der Waals surface area contributed by atoms with Gasteiger partial charge >= 0.3 is 0 Å². The second kappa shape index (κ2) is 9.32. The molecule has 1 aliphatic heterocycles. The van der Waals surface area contributed by atoms with Gasteiger partial charge in [-0.15, -0.1) is 0 Å². The molecule has 1 saturated heterocycles. The molecule has 2 aromatic carbocycles. The molecule has 0 aromatic heterocycles. The van der Waals surface area contributed by atoms with Gasteiger partial charge in [-0.05, 0) is 48.6 Å². The van der Waals surface area contributed by atoms with Crippen LogP contribution >= 0.6 is 11.6 Å². The Morgan fingerprint density at radius 1 is 1.07 bits per heavy atom. The van der Waals surface area contributed by atoms with Gasteiger partial charge < -0.3 is 10.2 Å². The molecule has 156 valence electrons. The Labute approximate surface area is 182 Å². The molecule has 6 heteroatoms. The monoisotopic (exact) mass is 423 g/mol. The maximum absolute atomic E-state index is 13.2. The topological polar surface area (TPSA) is 73.2 Å². The Morgan fingerprint density at radius 3 is 2.20 bits per heavy atom. The van der Waals surface area contributed by atoms with E-state index in [9.17, 15) is 14.9 Å². The van der Waals surface area contributed by atoms with Crippen LogP contribution in [0.5, 0.6) is 0 Å². The molecule has 0 aliphatic carbocycles. The average molecular weight is 424 g/mol. The van der Waals surface area contributed by atoms with Gasteiger partial charge in [0.2, 0.25) is 5.91 Å². The number of carbonyl (C=O) groups is 2. The lowest BCUT2D eigenvalue weighted by molar-refractivity contribution is -0.135. The molecule has 0 spiro atoms. The van der Waals surface area contributed by atoms with E-state index in [1.165, 1.54) is 0 Å². The average Bonchev–Trinajstić information content (AvgIpc) is 2.77. The normalized spacial score (nSPS) is 16.6. The first kappa shape index (κ1) is 21.9.